The van der Waals surface area contributed by atoms with Crippen molar-refractivity contribution in [2.75, 3.05) is 11.7 Å². The number of fused-ring (bicyclic) bond motifs is 2. The van der Waals surface area contributed by atoms with Gasteiger partial charge in [-0.3, -0.25) is 4.57 Å². The van der Waals surface area contributed by atoms with Crippen LogP contribution in [0.3, 0.4) is 0 Å². The first-order chi connectivity index (χ1) is 16.8. The predicted octanol–water partition coefficient (Wildman–Crippen LogP) is 4.51. The van der Waals surface area contributed by atoms with E-state index < -0.39 is 19.9 Å². The molecule has 4 N–H and O–H groups in total. The number of carboxylic acids is 1. The molecule has 5 rings (SSSR count). The van der Waals surface area contributed by atoms with Crippen molar-refractivity contribution < 1.29 is 29.0 Å². The summed E-state index contributed by atoms with van der Waals surface area (Å²) in [6, 6.07) is 21.0. The molecule has 0 aliphatic rings. The monoisotopic (exact) mass is 490 g/mol. The summed E-state index contributed by atoms with van der Waals surface area (Å²) in [5.74, 6) is -0.557. The summed E-state index contributed by atoms with van der Waals surface area (Å²) < 4.78 is 18.3. The lowest BCUT2D eigenvalue weighted by Gasteiger charge is -2.13. The van der Waals surface area contributed by atoms with Gasteiger partial charge in [-0.05, 0) is 53.4 Å². The van der Waals surface area contributed by atoms with E-state index in [9.17, 15) is 24.3 Å². The Balaban J connectivity index is 1.61. The van der Waals surface area contributed by atoms with Crippen molar-refractivity contribution in [3.8, 4) is 16.9 Å². The molecule has 176 valence electrons. The van der Waals surface area contributed by atoms with Gasteiger partial charge in [0.1, 0.15) is 5.75 Å². The first-order valence-electron chi connectivity index (χ1n) is 10.4. The Bertz CT molecular complexity index is 1610. The van der Waals surface area contributed by atoms with Gasteiger partial charge in [-0.1, -0.05) is 30.3 Å². The standard InChI is InChI=1S/C24H19N4O6P/c29-23(30)19-10-11-21(34-14-35(31,32)33)20-13-15(8-9-18(19)20)17-7-4-12-28-22(17)26-24(27-28)25-16-5-2-1-3-6-16/h1-13H,14H2,(H,25,27)(H,29,30)(H2,31,32,33). The zero-order valence-corrected chi connectivity index (χ0v) is 19.0. The lowest BCUT2D eigenvalue weighted by molar-refractivity contribution is 0.0699. The maximum Gasteiger partial charge on any atom is 0.362 e. The molecule has 2 heterocycles. The van der Waals surface area contributed by atoms with E-state index in [4.69, 9.17) is 4.74 Å². The van der Waals surface area contributed by atoms with Crippen LogP contribution in [0.15, 0.2) is 79.0 Å². The Morgan fingerprint density at radius 2 is 1.80 bits per heavy atom. The van der Waals surface area contributed by atoms with Crippen LogP contribution < -0.4 is 10.1 Å². The second-order valence-corrected chi connectivity index (χ2v) is 9.32. The minimum atomic E-state index is -4.44. The Hall–Kier alpha value is -4.24. The van der Waals surface area contributed by atoms with Crippen LogP contribution in [0, 0.1) is 0 Å². The average molecular weight is 490 g/mol. The highest BCUT2D eigenvalue weighted by molar-refractivity contribution is 7.51. The van der Waals surface area contributed by atoms with Crippen LogP contribution in [0.5, 0.6) is 5.75 Å². The van der Waals surface area contributed by atoms with Gasteiger partial charge in [0.05, 0.1) is 5.56 Å². The largest absolute Gasteiger partial charge is 0.480 e. The zero-order chi connectivity index (χ0) is 24.6. The van der Waals surface area contributed by atoms with E-state index in [2.05, 4.69) is 15.4 Å². The van der Waals surface area contributed by atoms with Gasteiger partial charge < -0.3 is 24.9 Å². The van der Waals surface area contributed by atoms with E-state index in [0.29, 0.717) is 27.9 Å². The first-order valence-corrected chi connectivity index (χ1v) is 12.2. The highest BCUT2D eigenvalue weighted by atomic mass is 31.2. The number of para-hydroxylation sites is 1. The van der Waals surface area contributed by atoms with Gasteiger partial charge >= 0.3 is 13.6 Å². The molecule has 5 aromatic rings. The van der Waals surface area contributed by atoms with Crippen LogP contribution in [-0.2, 0) is 4.57 Å². The Morgan fingerprint density at radius 3 is 2.54 bits per heavy atom. The van der Waals surface area contributed by atoms with E-state index in [1.807, 2.05) is 42.5 Å². The third-order valence-electron chi connectivity index (χ3n) is 5.30. The molecule has 0 atom stereocenters. The average Bonchev–Trinajstić information content (AvgIpc) is 3.24. The van der Waals surface area contributed by atoms with Crippen LogP contribution in [0.2, 0.25) is 0 Å². The second-order valence-electron chi connectivity index (χ2n) is 7.73. The van der Waals surface area contributed by atoms with Crippen molar-refractivity contribution in [3.63, 3.8) is 0 Å². The van der Waals surface area contributed by atoms with Crippen LogP contribution in [0.25, 0.3) is 27.5 Å². The minimum absolute atomic E-state index is 0.0464. The van der Waals surface area contributed by atoms with Gasteiger partial charge in [0.25, 0.3) is 0 Å². The maximum absolute atomic E-state index is 11.7. The highest BCUT2D eigenvalue weighted by Gasteiger charge is 2.18. The van der Waals surface area contributed by atoms with E-state index in [1.165, 1.54) is 12.1 Å². The SMILES string of the molecule is O=C(O)c1ccc(OCP(=O)(O)O)c2cc(-c3cccn4nc(Nc5ccccc5)nc34)ccc12. The van der Waals surface area contributed by atoms with Crippen LogP contribution in [0.1, 0.15) is 10.4 Å². The Labute approximate surface area is 198 Å². The lowest BCUT2D eigenvalue weighted by Crippen LogP contribution is -2.02. The topological polar surface area (TPSA) is 146 Å². The molecule has 0 fully saturated rings. The quantitative estimate of drug-likeness (QED) is 0.242. The summed E-state index contributed by atoms with van der Waals surface area (Å²) in [5.41, 5.74) is 2.88. The number of carboxylic acid groups (broad SMARTS) is 1. The number of rotatable bonds is 7. The fraction of sp³-hybridized carbons (Fsp3) is 0.0417. The molecule has 11 heteroatoms. The number of aromatic nitrogens is 3. The normalized spacial score (nSPS) is 11.6. The van der Waals surface area contributed by atoms with E-state index >= 15 is 0 Å². The van der Waals surface area contributed by atoms with Crippen molar-refractivity contribution in [1.82, 2.24) is 14.6 Å². The number of hydrogen-bond donors (Lipinski definition) is 4. The molecular formula is C24H19N4O6P. The number of aromatic carboxylic acids is 1. The van der Waals surface area contributed by atoms with Gasteiger partial charge in [0.2, 0.25) is 5.95 Å². The maximum atomic E-state index is 11.7. The number of carbonyl (C=O) groups is 1. The number of nitrogens with one attached hydrogen (secondary N) is 1. The summed E-state index contributed by atoms with van der Waals surface area (Å²) in [4.78, 5) is 34.8. The first kappa shape index (κ1) is 22.5. The number of pyridine rings is 1. The number of benzene rings is 3. The van der Waals surface area contributed by atoms with Gasteiger partial charge in [0, 0.05) is 22.8 Å². The molecule has 0 saturated heterocycles. The lowest BCUT2D eigenvalue weighted by atomic mass is 9.98. The van der Waals surface area contributed by atoms with Crippen molar-refractivity contribution in [2.45, 2.75) is 0 Å². The van der Waals surface area contributed by atoms with Gasteiger partial charge in [0.15, 0.2) is 12.0 Å². The van der Waals surface area contributed by atoms with Crippen LogP contribution in [-0.4, -0.2) is 41.8 Å². The van der Waals surface area contributed by atoms with Crippen molar-refractivity contribution in [3.05, 3.63) is 84.6 Å². The Kier molecular flexibility index (Phi) is 5.70. The van der Waals surface area contributed by atoms with Crippen molar-refractivity contribution in [2.24, 2.45) is 0 Å². The highest BCUT2D eigenvalue weighted by Crippen LogP contribution is 2.38. The van der Waals surface area contributed by atoms with Crippen LogP contribution in [0.4, 0.5) is 11.6 Å². The van der Waals surface area contributed by atoms with E-state index in [0.717, 1.165) is 11.3 Å². The summed E-state index contributed by atoms with van der Waals surface area (Å²) >= 11 is 0. The molecule has 0 saturated carbocycles. The molecule has 0 radical (unpaired) electrons. The fourth-order valence-electron chi connectivity index (χ4n) is 3.79. The minimum Gasteiger partial charge on any atom is -0.480 e. The summed E-state index contributed by atoms with van der Waals surface area (Å²) in [5, 5.41) is 18.0. The zero-order valence-electron chi connectivity index (χ0n) is 18.1. The second kappa shape index (κ2) is 8.84. The smallest absolute Gasteiger partial charge is 0.362 e. The summed E-state index contributed by atoms with van der Waals surface area (Å²) in [7, 11) is -4.44. The molecule has 2 aromatic heterocycles. The molecule has 0 unspecified atom stereocenters. The molecule has 0 aliphatic carbocycles. The van der Waals surface area contributed by atoms with Crippen molar-refractivity contribution in [1.29, 1.82) is 0 Å². The number of anilines is 2. The number of nitrogens with zero attached hydrogens (tertiary/aromatic N) is 3. The van der Waals surface area contributed by atoms with Gasteiger partial charge in [-0.15, -0.1) is 5.10 Å². The molecule has 10 nitrogen and oxygen atoms in total. The van der Waals surface area contributed by atoms with Gasteiger partial charge in [-0.25, -0.2) is 9.31 Å². The summed E-state index contributed by atoms with van der Waals surface area (Å²) in [6.45, 7) is 0. The van der Waals surface area contributed by atoms with E-state index in [-0.39, 0.29) is 11.3 Å². The van der Waals surface area contributed by atoms with Gasteiger partial charge in [-0.2, -0.15) is 4.98 Å². The number of hydrogen-bond acceptors (Lipinski definition) is 6. The number of ether oxygens (including phenoxy) is 1. The Morgan fingerprint density at radius 1 is 1.00 bits per heavy atom. The molecular weight excluding hydrogens is 471 g/mol. The molecule has 0 bridgehead atoms. The fourth-order valence-corrected chi connectivity index (χ4v) is 4.10. The molecule has 0 spiro atoms. The van der Waals surface area contributed by atoms with Crippen molar-refractivity contribution >= 4 is 41.6 Å². The van der Waals surface area contributed by atoms with Crippen LogP contribution >= 0.6 is 7.60 Å². The molecule has 0 aliphatic heterocycles. The third-order valence-corrected chi connectivity index (χ3v) is 5.76. The van der Waals surface area contributed by atoms with E-state index in [1.54, 1.807) is 28.9 Å². The molecule has 35 heavy (non-hydrogen) atoms. The molecule has 0 amide bonds. The third kappa shape index (κ3) is 4.71. The molecule has 3 aromatic carbocycles. The predicted molar refractivity (Wildman–Crippen MR) is 130 cm³/mol. The summed E-state index contributed by atoms with van der Waals surface area (Å²) in [6.07, 6.45) is 0.938.